The van der Waals surface area contributed by atoms with E-state index in [1.165, 1.54) is 0 Å². The maximum absolute atomic E-state index is 12.4. The van der Waals surface area contributed by atoms with Gasteiger partial charge < -0.3 is 9.64 Å². The van der Waals surface area contributed by atoms with Gasteiger partial charge in [0.05, 0.1) is 13.2 Å². The highest BCUT2D eigenvalue weighted by atomic mass is 16.5. The first kappa shape index (κ1) is 16.6. The van der Waals surface area contributed by atoms with Gasteiger partial charge >= 0.3 is 0 Å². The van der Waals surface area contributed by atoms with Crippen molar-refractivity contribution in [2.75, 3.05) is 32.8 Å². The SMILES string of the molecule is Cc1ccc(C2CC(=O)N(CC(=O)N3CCOCC3)C(=O)C2)cc1. The Morgan fingerprint density at radius 2 is 1.67 bits per heavy atom. The molecule has 1 aromatic carbocycles. The van der Waals surface area contributed by atoms with Crippen molar-refractivity contribution in [3.63, 3.8) is 0 Å². The Morgan fingerprint density at radius 1 is 1.08 bits per heavy atom. The summed E-state index contributed by atoms with van der Waals surface area (Å²) >= 11 is 0. The zero-order chi connectivity index (χ0) is 17.1. The molecule has 24 heavy (non-hydrogen) atoms. The lowest BCUT2D eigenvalue weighted by Gasteiger charge is -2.33. The van der Waals surface area contributed by atoms with Crippen LogP contribution in [-0.2, 0) is 19.1 Å². The summed E-state index contributed by atoms with van der Waals surface area (Å²) in [6.07, 6.45) is 0.538. The molecule has 0 radical (unpaired) electrons. The first-order valence-corrected chi connectivity index (χ1v) is 8.30. The van der Waals surface area contributed by atoms with Crippen LogP contribution in [0.1, 0.15) is 29.9 Å². The van der Waals surface area contributed by atoms with E-state index >= 15 is 0 Å². The van der Waals surface area contributed by atoms with Gasteiger partial charge in [0.2, 0.25) is 17.7 Å². The third kappa shape index (κ3) is 3.64. The fourth-order valence-electron chi connectivity index (χ4n) is 3.15. The van der Waals surface area contributed by atoms with E-state index in [2.05, 4.69) is 0 Å². The van der Waals surface area contributed by atoms with Crippen molar-refractivity contribution >= 4 is 17.7 Å². The standard InChI is InChI=1S/C18H22N2O4/c1-13-2-4-14(5-3-13)15-10-16(21)20(17(22)11-15)12-18(23)19-6-8-24-9-7-19/h2-5,15H,6-12H2,1H3. The molecule has 0 aromatic heterocycles. The van der Waals surface area contributed by atoms with Gasteiger partial charge in [-0.3, -0.25) is 19.3 Å². The Balaban J connectivity index is 1.63. The van der Waals surface area contributed by atoms with Crippen molar-refractivity contribution in [1.82, 2.24) is 9.80 Å². The molecule has 0 saturated carbocycles. The summed E-state index contributed by atoms with van der Waals surface area (Å²) in [5.74, 6) is -0.814. The number of hydrogen-bond donors (Lipinski definition) is 0. The highest BCUT2D eigenvalue weighted by Crippen LogP contribution is 2.29. The molecule has 0 atom stereocenters. The van der Waals surface area contributed by atoms with Gasteiger partial charge in [-0.1, -0.05) is 29.8 Å². The number of nitrogens with zero attached hydrogens (tertiary/aromatic N) is 2. The number of piperidine rings is 1. The largest absolute Gasteiger partial charge is 0.378 e. The van der Waals surface area contributed by atoms with Crippen LogP contribution in [0.15, 0.2) is 24.3 Å². The number of ether oxygens (including phenoxy) is 1. The summed E-state index contributed by atoms with van der Waals surface area (Å²) in [5, 5.41) is 0. The Kier molecular flexibility index (Phi) is 4.94. The topological polar surface area (TPSA) is 66.9 Å². The van der Waals surface area contributed by atoms with Crippen molar-refractivity contribution in [2.24, 2.45) is 0 Å². The van der Waals surface area contributed by atoms with Crippen molar-refractivity contribution in [3.05, 3.63) is 35.4 Å². The molecule has 3 amide bonds. The van der Waals surface area contributed by atoms with Gasteiger partial charge in [-0.25, -0.2) is 0 Å². The number of amides is 3. The zero-order valence-electron chi connectivity index (χ0n) is 13.9. The van der Waals surface area contributed by atoms with E-state index in [0.717, 1.165) is 16.0 Å². The van der Waals surface area contributed by atoms with E-state index in [4.69, 9.17) is 4.74 Å². The normalized spacial score (nSPS) is 19.7. The summed E-state index contributed by atoms with van der Waals surface area (Å²) in [6.45, 7) is 3.88. The molecule has 0 spiro atoms. The molecular formula is C18H22N2O4. The molecule has 2 aliphatic heterocycles. The lowest BCUT2D eigenvalue weighted by Crippen LogP contribution is -2.50. The van der Waals surface area contributed by atoms with E-state index in [-0.39, 0.29) is 43.0 Å². The van der Waals surface area contributed by atoms with Crippen molar-refractivity contribution in [1.29, 1.82) is 0 Å². The van der Waals surface area contributed by atoms with Gasteiger partial charge in [0.15, 0.2) is 0 Å². The number of aryl methyl sites for hydroxylation is 1. The molecule has 2 aliphatic rings. The van der Waals surface area contributed by atoms with Gasteiger partial charge in [0, 0.05) is 31.8 Å². The molecule has 0 N–H and O–H groups in total. The van der Waals surface area contributed by atoms with Crippen LogP contribution < -0.4 is 0 Å². The minimum absolute atomic E-state index is 0.0969. The number of carbonyl (C=O) groups excluding carboxylic acids is 3. The van der Waals surface area contributed by atoms with E-state index in [0.29, 0.717) is 26.3 Å². The lowest BCUT2D eigenvalue weighted by molar-refractivity contribution is -0.154. The molecule has 0 bridgehead atoms. The van der Waals surface area contributed by atoms with E-state index < -0.39 is 0 Å². The van der Waals surface area contributed by atoms with Crippen LogP contribution in [0.25, 0.3) is 0 Å². The molecular weight excluding hydrogens is 308 g/mol. The molecule has 0 unspecified atom stereocenters. The molecule has 128 valence electrons. The number of benzene rings is 1. The number of carbonyl (C=O) groups is 3. The van der Waals surface area contributed by atoms with Gasteiger partial charge in [0.25, 0.3) is 0 Å². The smallest absolute Gasteiger partial charge is 0.242 e. The van der Waals surface area contributed by atoms with E-state index in [9.17, 15) is 14.4 Å². The lowest BCUT2D eigenvalue weighted by atomic mass is 9.88. The van der Waals surface area contributed by atoms with Crippen molar-refractivity contribution in [3.8, 4) is 0 Å². The third-order valence-electron chi connectivity index (χ3n) is 4.65. The quantitative estimate of drug-likeness (QED) is 0.778. The summed E-state index contributed by atoms with van der Waals surface area (Å²) < 4.78 is 5.21. The Labute approximate surface area is 141 Å². The monoisotopic (exact) mass is 330 g/mol. The van der Waals surface area contributed by atoms with Gasteiger partial charge in [-0.05, 0) is 12.5 Å². The van der Waals surface area contributed by atoms with Crippen molar-refractivity contribution in [2.45, 2.75) is 25.7 Å². The maximum Gasteiger partial charge on any atom is 0.242 e. The predicted molar refractivity (Wildman–Crippen MR) is 87.3 cm³/mol. The maximum atomic E-state index is 12.4. The Morgan fingerprint density at radius 3 is 2.25 bits per heavy atom. The van der Waals surface area contributed by atoms with Gasteiger partial charge in [-0.15, -0.1) is 0 Å². The summed E-state index contributed by atoms with van der Waals surface area (Å²) in [6, 6.07) is 7.90. The fraction of sp³-hybridized carbons (Fsp3) is 0.500. The zero-order valence-corrected chi connectivity index (χ0v) is 13.9. The second-order valence-electron chi connectivity index (χ2n) is 6.38. The van der Waals surface area contributed by atoms with E-state index in [1.807, 2.05) is 31.2 Å². The van der Waals surface area contributed by atoms with Crippen LogP contribution in [0.2, 0.25) is 0 Å². The number of likely N-dealkylation sites (tertiary alicyclic amines) is 1. The summed E-state index contributed by atoms with van der Waals surface area (Å²) in [7, 11) is 0. The Bertz CT molecular complexity index is 617. The molecule has 6 heteroatoms. The van der Waals surface area contributed by atoms with Crippen LogP contribution in [0.3, 0.4) is 0 Å². The molecule has 1 aromatic rings. The van der Waals surface area contributed by atoms with Crippen molar-refractivity contribution < 1.29 is 19.1 Å². The first-order chi connectivity index (χ1) is 11.5. The number of imide groups is 1. The van der Waals surface area contributed by atoms with Crippen LogP contribution in [0.4, 0.5) is 0 Å². The van der Waals surface area contributed by atoms with Crippen LogP contribution in [-0.4, -0.2) is 60.4 Å². The third-order valence-corrected chi connectivity index (χ3v) is 4.65. The molecule has 0 aliphatic carbocycles. The second-order valence-corrected chi connectivity index (χ2v) is 6.38. The number of hydrogen-bond acceptors (Lipinski definition) is 4. The molecule has 2 saturated heterocycles. The van der Waals surface area contributed by atoms with Gasteiger partial charge in [-0.2, -0.15) is 0 Å². The van der Waals surface area contributed by atoms with Crippen LogP contribution >= 0.6 is 0 Å². The molecule has 2 fully saturated rings. The highest BCUT2D eigenvalue weighted by Gasteiger charge is 2.35. The second kappa shape index (κ2) is 7.13. The van der Waals surface area contributed by atoms with Gasteiger partial charge in [0.1, 0.15) is 6.54 Å². The fourth-order valence-corrected chi connectivity index (χ4v) is 3.15. The van der Waals surface area contributed by atoms with Crippen LogP contribution in [0.5, 0.6) is 0 Å². The summed E-state index contributed by atoms with van der Waals surface area (Å²) in [4.78, 5) is 39.8. The average Bonchev–Trinajstić information content (AvgIpc) is 2.59. The Hall–Kier alpha value is -2.21. The predicted octanol–water partition coefficient (Wildman–Crippen LogP) is 1.09. The highest BCUT2D eigenvalue weighted by molar-refractivity contribution is 6.01. The molecule has 3 rings (SSSR count). The molecule has 6 nitrogen and oxygen atoms in total. The average molecular weight is 330 g/mol. The molecule has 2 heterocycles. The summed E-state index contributed by atoms with van der Waals surface area (Å²) in [5.41, 5.74) is 2.14. The number of rotatable bonds is 3. The minimum Gasteiger partial charge on any atom is -0.378 e. The first-order valence-electron chi connectivity index (χ1n) is 8.30. The van der Waals surface area contributed by atoms with E-state index in [1.54, 1.807) is 4.90 Å². The minimum atomic E-state index is -0.265. The van der Waals surface area contributed by atoms with Crippen LogP contribution in [0, 0.1) is 6.92 Å². The number of morpholine rings is 1.